The fraction of sp³-hybridized carbons (Fsp3) is 0.667. The van der Waals surface area contributed by atoms with Gasteiger partial charge >= 0.3 is 5.69 Å². The summed E-state index contributed by atoms with van der Waals surface area (Å²) >= 11 is 0. The number of aryl methyl sites for hydroxylation is 2. The van der Waals surface area contributed by atoms with Crippen molar-refractivity contribution in [1.29, 1.82) is 0 Å². The average Bonchev–Trinajstić information content (AvgIpc) is 2.86. The van der Waals surface area contributed by atoms with Crippen LogP contribution >= 0.6 is 0 Å². The van der Waals surface area contributed by atoms with Gasteiger partial charge in [-0.25, -0.2) is 9.78 Å². The van der Waals surface area contributed by atoms with Crippen LogP contribution in [0.2, 0.25) is 0 Å². The Morgan fingerprint density at radius 3 is 2.45 bits per heavy atom. The Bertz CT molecular complexity index is 782. The zero-order valence-corrected chi connectivity index (χ0v) is 14.2. The van der Waals surface area contributed by atoms with Gasteiger partial charge in [-0.3, -0.25) is 13.9 Å². The highest BCUT2D eigenvalue weighted by molar-refractivity contribution is 5.69. The summed E-state index contributed by atoms with van der Waals surface area (Å²) in [7, 11) is 7.59. The minimum atomic E-state index is -0.344. The highest BCUT2D eigenvalue weighted by atomic mass is 16.2. The molecule has 0 saturated carbocycles. The van der Waals surface area contributed by atoms with Crippen LogP contribution in [-0.4, -0.2) is 50.4 Å². The lowest BCUT2D eigenvalue weighted by Gasteiger charge is -2.29. The Hall–Kier alpha value is -1.89. The van der Waals surface area contributed by atoms with Gasteiger partial charge in [0.2, 0.25) is 0 Å². The molecule has 0 spiro atoms. The molecule has 2 rings (SSSR count). The lowest BCUT2D eigenvalue weighted by molar-refractivity contribution is -0.890. The highest BCUT2D eigenvalue weighted by Crippen LogP contribution is 2.08. The van der Waals surface area contributed by atoms with E-state index in [9.17, 15) is 9.59 Å². The molecule has 0 amide bonds. The SMILES string of the molecule is CCC[N+](C)(C)CCCn1cnc2c1c(=O)n(C)c(=O)n2C. The van der Waals surface area contributed by atoms with E-state index in [1.165, 1.54) is 11.6 Å². The molecule has 122 valence electrons. The van der Waals surface area contributed by atoms with Gasteiger partial charge < -0.3 is 9.05 Å². The second kappa shape index (κ2) is 6.08. The standard InChI is InChI=1S/C15H26N5O2/c1-6-9-20(4,5)10-7-8-19-11-16-13-12(19)14(21)18(3)15(22)17(13)2/h11H,6-10H2,1-5H3/q+1. The molecule has 22 heavy (non-hydrogen) atoms. The van der Waals surface area contributed by atoms with Crippen molar-refractivity contribution in [1.82, 2.24) is 18.7 Å². The predicted molar refractivity (Wildman–Crippen MR) is 87.0 cm³/mol. The molecular weight excluding hydrogens is 282 g/mol. The van der Waals surface area contributed by atoms with E-state index in [4.69, 9.17) is 0 Å². The van der Waals surface area contributed by atoms with Gasteiger partial charge in [-0.05, 0) is 6.42 Å². The molecule has 0 fully saturated rings. The van der Waals surface area contributed by atoms with Crippen molar-refractivity contribution in [3.8, 4) is 0 Å². The monoisotopic (exact) mass is 308 g/mol. The van der Waals surface area contributed by atoms with Crippen LogP contribution in [0.3, 0.4) is 0 Å². The van der Waals surface area contributed by atoms with Crippen molar-refractivity contribution in [2.24, 2.45) is 14.1 Å². The fourth-order valence-electron chi connectivity index (χ4n) is 2.95. The van der Waals surface area contributed by atoms with E-state index >= 15 is 0 Å². The number of fused-ring (bicyclic) bond motifs is 1. The van der Waals surface area contributed by atoms with E-state index in [0.717, 1.165) is 41.5 Å². The third-order valence-electron chi connectivity index (χ3n) is 4.21. The van der Waals surface area contributed by atoms with Gasteiger partial charge in [-0.2, -0.15) is 0 Å². The molecule has 0 unspecified atom stereocenters. The quantitative estimate of drug-likeness (QED) is 0.722. The average molecular weight is 308 g/mol. The fourth-order valence-corrected chi connectivity index (χ4v) is 2.95. The van der Waals surface area contributed by atoms with E-state index in [0.29, 0.717) is 11.2 Å². The lowest BCUT2D eigenvalue weighted by Crippen LogP contribution is -2.41. The molecule has 0 atom stereocenters. The molecule has 0 aliphatic rings. The smallest absolute Gasteiger partial charge is 0.328 e. The molecule has 0 aromatic carbocycles. The van der Waals surface area contributed by atoms with Crippen LogP contribution in [0, 0.1) is 0 Å². The minimum absolute atomic E-state index is 0.280. The molecule has 2 aromatic rings. The summed E-state index contributed by atoms with van der Waals surface area (Å²) in [6, 6.07) is 0. The largest absolute Gasteiger partial charge is 0.332 e. The molecule has 7 heteroatoms. The van der Waals surface area contributed by atoms with E-state index in [1.807, 2.05) is 4.57 Å². The van der Waals surface area contributed by atoms with Gasteiger partial charge in [0, 0.05) is 27.1 Å². The molecule has 0 radical (unpaired) electrons. The van der Waals surface area contributed by atoms with Crippen LogP contribution in [0.4, 0.5) is 0 Å². The van der Waals surface area contributed by atoms with E-state index in [1.54, 1.807) is 13.4 Å². The Morgan fingerprint density at radius 1 is 1.14 bits per heavy atom. The third-order valence-corrected chi connectivity index (χ3v) is 4.21. The molecule has 0 N–H and O–H groups in total. The van der Waals surface area contributed by atoms with Gasteiger partial charge in [0.15, 0.2) is 11.2 Å². The van der Waals surface area contributed by atoms with Crippen molar-refractivity contribution >= 4 is 11.2 Å². The maximum absolute atomic E-state index is 12.3. The predicted octanol–water partition coefficient (Wildman–Crippen LogP) is 0.310. The van der Waals surface area contributed by atoms with Crippen LogP contribution in [0.25, 0.3) is 11.2 Å². The first-order chi connectivity index (χ1) is 10.3. The molecular formula is C15H26N5O2+. The summed E-state index contributed by atoms with van der Waals surface area (Å²) in [5, 5.41) is 0. The van der Waals surface area contributed by atoms with Gasteiger partial charge in [0.25, 0.3) is 5.56 Å². The first-order valence-corrected chi connectivity index (χ1v) is 7.71. The molecule has 2 aromatic heterocycles. The zero-order valence-electron chi connectivity index (χ0n) is 14.2. The Labute approximate surface area is 130 Å². The maximum Gasteiger partial charge on any atom is 0.332 e. The lowest BCUT2D eigenvalue weighted by atomic mass is 10.3. The molecule has 2 heterocycles. The van der Waals surface area contributed by atoms with Crippen LogP contribution in [0.1, 0.15) is 19.8 Å². The Kier molecular flexibility index (Phi) is 4.55. The zero-order chi connectivity index (χ0) is 16.5. The van der Waals surface area contributed by atoms with Gasteiger partial charge in [-0.15, -0.1) is 0 Å². The van der Waals surface area contributed by atoms with Gasteiger partial charge in [0.1, 0.15) is 0 Å². The molecule has 0 saturated heterocycles. The van der Waals surface area contributed by atoms with Crippen LogP contribution in [-0.2, 0) is 20.6 Å². The summed E-state index contributed by atoms with van der Waals surface area (Å²) in [5.74, 6) is 0. The highest BCUT2D eigenvalue weighted by Gasteiger charge is 2.16. The van der Waals surface area contributed by atoms with E-state index in [2.05, 4.69) is 26.0 Å². The molecule has 0 aliphatic carbocycles. The Balaban J connectivity index is 2.27. The third kappa shape index (κ3) is 2.99. The minimum Gasteiger partial charge on any atom is -0.328 e. The number of hydrogen-bond acceptors (Lipinski definition) is 3. The van der Waals surface area contributed by atoms with Crippen molar-refractivity contribution in [3.05, 3.63) is 27.2 Å². The van der Waals surface area contributed by atoms with Gasteiger partial charge in [-0.1, -0.05) is 6.92 Å². The number of hydrogen-bond donors (Lipinski definition) is 0. The second-order valence-electron chi connectivity index (χ2n) is 6.55. The first-order valence-electron chi connectivity index (χ1n) is 7.71. The Morgan fingerprint density at radius 2 is 1.82 bits per heavy atom. The summed E-state index contributed by atoms with van der Waals surface area (Å²) in [5.41, 5.74) is 0.335. The summed E-state index contributed by atoms with van der Waals surface area (Å²) in [4.78, 5) is 28.5. The summed E-state index contributed by atoms with van der Waals surface area (Å²) in [6.45, 7) is 5.10. The second-order valence-corrected chi connectivity index (χ2v) is 6.55. The van der Waals surface area contributed by atoms with Crippen LogP contribution in [0.5, 0.6) is 0 Å². The molecule has 7 nitrogen and oxygen atoms in total. The summed E-state index contributed by atoms with van der Waals surface area (Å²) in [6.07, 6.45) is 3.78. The van der Waals surface area contributed by atoms with Gasteiger partial charge in [0.05, 0.1) is 33.5 Å². The summed E-state index contributed by atoms with van der Waals surface area (Å²) < 4.78 is 5.39. The topological polar surface area (TPSA) is 61.8 Å². The number of imidazole rings is 1. The number of nitrogens with zero attached hydrogens (tertiary/aromatic N) is 5. The van der Waals surface area contributed by atoms with Crippen LogP contribution in [0.15, 0.2) is 15.9 Å². The van der Waals surface area contributed by atoms with Crippen molar-refractivity contribution in [2.75, 3.05) is 27.2 Å². The number of quaternary nitrogens is 1. The number of rotatable bonds is 6. The van der Waals surface area contributed by atoms with E-state index < -0.39 is 0 Å². The van der Waals surface area contributed by atoms with Crippen molar-refractivity contribution < 1.29 is 4.48 Å². The molecule has 0 aliphatic heterocycles. The normalized spacial score (nSPS) is 12.2. The number of aromatic nitrogens is 4. The van der Waals surface area contributed by atoms with Crippen molar-refractivity contribution in [2.45, 2.75) is 26.3 Å². The maximum atomic E-state index is 12.3. The van der Waals surface area contributed by atoms with E-state index in [-0.39, 0.29) is 11.2 Å². The van der Waals surface area contributed by atoms with Crippen molar-refractivity contribution in [3.63, 3.8) is 0 Å². The first kappa shape index (κ1) is 16.5. The molecule has 0 bridgehead atoms. The van der Waals surface area contributed by atoms with Crippen LogP contribution < -0.4 is 11.2 Å².